The van der Waals surface area contributed by atoms with Gasteiger partial charge in [0.2, 0.25) is 5.91 Å². The number of carbonyl (C=O) groups excluding carboxylic acids is 1. The highest BCUT2D eigenvalue weighted by Crippen LogP contribution is 2.19. The molecule has 0 saturated heterocycles. The molecule has 3 heteroatoms. The molecule has 1 aromatic heterocycles. The van der Waals surface area contributed by atoms with Gasteiger partial charge in [0.25, 0.3) is 0 Å². The summed E-state index contributed by atoms with van der Waals surface area (Å²) in [4.78, 5) is 17.9. The van der Waals surface area contributed by atoms with Gasteiger partial charge in [0.05, 0.1) is 0 Å². The first-order valence-corrected chi connectivity index (χ1v) is 7.36. The Kier molecular flexibility index (Phi) is 5.09. The standard InChI is InChI=1S/C18H22N2O/c1-4-14(2)18(21)20(3)13-15-5-7-16(8-6-15)17-9-11-19-12-10-17/h5-12,14H,4,13H2,1-3H3. The Morgan fingerprint density at radius 2 is 1.67 bits per heavy atom. The van der Waals surface area contributed by atoms with E-state index in [-0.39, 0.29) is 11.8 Å². The van der Waals surface area contributed by atoms with Crippen LogP contribution in [0.2, 0.25) is 0 Å². The first-order chi connectivity index (χ1) is 10.1. The average molecular weight is 282 g/mol. The van der Waals surface area contributed by atoms with Gasteiger partial charge in [0.1, 0.15) is 0 Å². The molecule has 1 unspecified atom stereocenters. The molecular formula is C18H22N2O. The third kappa shape index (κ3) is 3.91. The zero-order valence-electron chi connectivity index (χ0n) is 12.9. The Morgan fingerprint density at radius 3 is 2.24 bits per heavy atom. The van der Waals surface area contributed by atoms with Crippen LogP contribution in [0.15, 0.2) is 48.8 Å². The lowest BCUT2D eigenvalue weighted by Gasteiger charge is -2.20. The van der Waals surface area contributed by atoms with Gasteiger partial charge in [-0.05, 0) is 35.2 Å². The molecule has 2 aromatic rings. The molecule has 1 amide bonds. The second kappa shape index (κ2) is 7.02. The molecule has 1 aromatic carbocycles. The van der Waals surface area contributed by atoms with Crippen LogP contribution in [0, 0.1) is 5.92 Å². The minimum absolute atomic E-state index is 0.0890. The highest BCUT2D eigenvalue weighted by atomic mass is 16.2. The van der Waals surface area contributed by atoms with E-state index in [2.05, 4.69) is 29.2 Å². The van der Waals surface area contributed by atoms with Crippen LogP contribution in [-0.4, -0.2) is 22.8 Å². The van der Waals surface area contributed by atoms with Gasteiger partial charge in [-0.3, -0.25) is 9.78 Å². The van der Waals surface area contributed by atoms with Crippen LogP contribution in [0.1, 0.15) is 25.8 Å². The van der Waals surface area contributed by atoms with E-state index in [1.54, 1.807) is 17.3 Å². The number of hydrogen-bond donors (Lipinski definition) is 0. The van der Waals surface area contributed by atoms with Gasteiger partial charge < -0.3 is 4.90 Å². The van der Waals surface area contributed by atoms with Gasteiger partial charge in [-0.15, -0.1) is 0 Å². The Labute approximate surface area is 126 Å². The minimum Gasteiger partial charge on any atom is -0.341 e. The Morgan fingerprint density at radius 1 is 1.10 bits per heavy atom. The molecule has 0 aliphatic heterocycles. The van der Waals surface area contributed by atoms with Crippen molar-refractivity contribution < 1.29 is 4.79 Å². The molecule has 2 rings (SSSR count). The van der Waals surface area contributed by atoms with Gasteiger partial charge in [-0.1, -0.05) is 38.1 Å². The fourth-order valence-electron chi connectivity index (χ4n) is 2.25. The maximum absolute atomic E-state index is 12.1. The summed E-state index contributed by atoms with van der Waals surface area (Å²) >= 11 is 0. The quantitative estimate of drug-likeness (QED) is 0.836. The number of amides is 1. The number of hydrogen-bond acceptors (Lipinski definition) is 2. The second-order valence-electron chi connectivity index (χ2n) is 5.44. The van der Waals surface area contributed by atoms with Gasteiger partial charge in [0, 0.05) is 31.9 Å². The largest absolute Gasteiger partial charge is 0.341 e. The van der Waals surface area contributed by atoms with E-state index in [1.165, 1.54) is 0 Å². The third-order valence-electron chi connectivity index (χ3n) is 3.80. The Hall–Kier alpha value is -2.16. The summed E-state index contributed by atoms with van der Waals surface area (Å²) in [6.07, 6.45) is 4.47. The van der Waals surface area contributed by atoms with Crippen molar-refractivity contribution in [3.63, 3.8) is 0 Å². The maximum Gasteiger partial charge on any atom is 0.225 e. The Balaban J connectivity index is 2.05. The lowest BCUT2D eigenvalue weighted by Crippen LogP contribution is -2.30. The summed E-state index contributed by atoms with van der Waals surface area (Å²) in [7, 11) is 1.87. The fourth-order valence-corrected chi connectivity index (χ4v) is 2.25. The predicted octanol–water partition coefficient (Wildman–Crippen LogP) is 3.75. The second-order valence-corrected chi connectivity index (χ2v) is 5.44. The normalized spacial score (nSPS) is 12.0. The van der Waals surface area contributed by atoms with Crippen LogP contribution >= 0.6 is 0 Å². The number of carbonyl (C=O) groups is 1. The van der Waals surface area contributed by atoms with Crippen molar-refractivity contribution in [2.45, 2.75) is 26.8 Å². The SMILES string of the molecule is CCC(C)C(=O)N(C)Cc1ccc(-c2ccncc2)cc1. The van der Waals surface area contributed by atoms with E-state index >= 15 is 0 Å². The summed E-state index contributed by atoms with van der Waals surface area (Å²) in [6.45, 7) is 4.67. The fraction of sp³-hybridized carbons (Fsp3) is 0.333. The summed E-state index contributed by atoms with van der Waals surface area (Å²) in [5, 5.41) is 0. The molecule has 0 aliphatic rings. The van der Waals surface area contributed by atoms with E-state index in [1.807, 2.05) is 33.0 Å². The monoisotopic (exact) mass is 282 g/mol. The molecule has 0 radical (unpaired) electrons. The van der Waals surface area contributed by atoms with Gasteiger partial charge in [-0.25, -0.2) is 0 Å². The van der Waals surface area contributed by atoms with E-state index < -0.39 is 0 Å². The van der Waals surface area contributed by atoms with Crippen molar-refractivity contribution >= 4 is 5.91 Å². The number of benzene rings is 1. The lowest BCUT2D eigenvalue weighted by atomic mass is 10.0. The first kappa shape index (κ1) is 15.2. The average Bonchev–Trinajstić information content (AvgIpc) is 2.54. The number of rotatable bonds is 5. The van der Waals surface area contributed by atoms with Crippen molar-refractivity contribution in [1.82, 2.24) is 9.88 Å². The molecule has 3 nitrogen and oxygen atoms in total. The lowest BCUT2D eigenvalue weighted by molar-refractivity contribution is -0.134. The number of aromatic nitrogens is 1. The highest BCUT2D eigenvalue weighted by Gasteiger charge is 2.15. The van der Waals surface area contributed by atoms with Crippen LogP contribution in [0.3, 0.4) is 0 Å². The molecular weight excluding hydrogens is 260 g/mol. The first-order valence-electron chi connectivity index (χ1n) is 7.36. The van der Waals surface area contributed by atoms with Crippen LogP contribution in [0.4, 0.5) is 0 Å². The van der Waals surface area contributed by atoms with Crippen molar-refractivity contribution in [1.29, 1.82) is 0 Å². The summed E-state index contributed by atoms with van der Waals surface area (Å²) in [6, 6.07) is 12.3. The van der Waals surface area contributed by atoms with Crippen molar-refractivity contribution in [2.75, 3.05) is 7.05 Å². The van der Waals surface area contributed by atoms with E-state index in [0.717, 1.165) is 23.1 Å². The molecule has 0 bridgehead atoms. The summed E-state index contributed by atoms with van der Waals surface area (Å²) in [5.74, 6) is 0.293. The molecule has 1 heterocycles. The predicted molar refractivity (Wildman–Crippen MR) is 85.6 cm³/mol. The molecule has 0 aliphatic carbocycles. The third-order valence-corrected chi connectivity index (χ3v) is 3.80. The minimum atomic E-state index is 0.0890. The van der Waals surface area contributed by atoms with Crippen molar-refractivity contribution in [3.05, 3.63) is 54.4 Å². The highest BCUT2D eigenvalue weighted by molar-refractivity contribution is 5.78. The van der Waals surface area contributed by atoms with Crippen molar-refractivity contribution in [2.24, 2.45) is 5.92 Å². The van der Waals surface area contributed by atoms with Crippen LogP contribution < -0.4 is 0 Å². The summed E-state index contributed by atoms with van der Waals surface area (Å²) < 4.78 is 0. The number of nitrogens with zero attached hydrogens (tertiary/aromatic N) is 2. The smallest absolute Gasteiger partial charge is 0.225 e. The molecule has 21 heavy (non-hydrogen) atoms. The van der Waals surface area contributed by atoms with E-state index in [9.17, 15) is 4.79 Å². The Bertz CT molecular complexity index is 578. The van der Waals surface area contributed by atoms with Gasteiger partial charge in [-0.2, -0.15) is 0 Å². The molecule has 0 saturated carbocycles. The number of pyridine rings is 1. The molecule has 0 spiro atoms. The molecule has 0 fully saturated rings. The molecule has 0 N–H and O–H groups in total. The zero-order valence-corrected chi connectivity index (χ0v) is 12.9. The van der Waals surface area contributed by atoms with Crippen LogP contribution in [0.25, 0.3) is 11.1 Å². The van der Waals surface area contributed by atoms with Gasteiger partial charge >= 0.3 is 0 Å². The summed E-state index contributed by atoms with van der Waals surface area (Å²) in [5.41, 5.74) is 3.46. The van der Waals surface area contributed by atoms with Crippen LogP contribution in [0.5, 0.6) is 0 Å². The van der Waals surface area contributed by atoms with Crippen LogP contribution in [-0.2, 0) is 11.3 Å². The van der Waals surface area contributed by atoms with E-state index in [4.69, 9.17) is 0 Å². The zero-order chi connectivity index (χ0) is 15.2. The topological polar surface area (TPSA) is 33.2 Å². The molecule has 1 atom stereocenters. The maximum atomic E-state index is 12.1. The van der Waals surface area contributed by atoms with Crippen molar-refractivity contribution in [3.8, 4) is 11.1 Å². The van der Waals surface area contributed by atoms with E-state index in [0.29, 0.717) is 6.54 Å². The molecule has 110 valence electrons. The van der Waals surface area contributed by atoms with Gasteiger partial charge in [0.15, 0.2) is 0 Å².